The van der Waals surface area contributed by atoms with Gasteiger partial charge in [0.2, 0.25) is 11.9 Å². The van der Waals surface area contributed by atoms with Gasteiger partial charge < -0.3 is 10.2 Å². The van der Waals surface area contributed by atoms with Crippen LogP contribution < -0.4 is 10.2 Å². The van der Waals surface area contributed by atoms with E-state index in [9.17, 15) is 0 Å². The molecule has 1 aromatic heterocycles. The largest absolute Gasteiger partial charge is 0.352 e. The topological polar surface area (TPSA) is 53.9 Å². The SMILES string of the molecule is CC(CCC1CC1)Nc1nc(C(C)C)nc(N(C)C)n1. The van der Waals surface area contributed by atoms with E-state index in [4.69, 9.17) is 0 Å². The highest BCUT2D eigenvalue weighted by Gasteiger charge is 2.21. The molecule has 0 bridgehead atoms. The molecule has 1 heterocycles. The first kappa shape index (κ1) is 15.0. The Kier molecular flexibility index (Phi) is 4.78. The van der Waals surface area contributed by atoms with E-state index in [1.54, 1.807) is 0 Å². The molecule has 0 saturated heterocycles. The number of hydrogen-bond acceptors (Lipinski definition) is 5. The van der Waals surface area contributed by atoms with Crippen molar-refractivity contribution in [2.75, 3.05) is 24.3 Å². The molecule has 0 radical (unpaired) electrons. The van der Waals surface area contributed by atoms with Crippen LogP contribution in [0.2, 0.25) is 0 Å². The summed E-state index contributed by atoms with van der Waals surface area (Å²) in [4.78, 5) is 15.4. The van der Waals surface area contributed by atoms with Crippen LogP contribution >= 0.6 is 0 Å². The molecule has 1 aliphatic carbocycles. The molecule has 112 valence electrons. The molecule has 0 spiro atoms. The summed E-state index contributed by atoms with van der Waals surface area (Å²) in [5, 5.41) is 3.43. The summed E-state index contributed by atoms with van der Waals surface area (Å²) in [5.74, 6) is 3.55. The van der Waals surface area contributed by atoms with Crippen LogP contribution in [0.4, 0.5) is 11.9 Å². The highest BCUT2D eigenvalue weighted by molar-refractivity contribution is 5.36. The lowest BCUT2D eigenvalue weighted by molar-refractivity contribution is 0.605. The van der Waals surface area contributed by atoms with Gasteiger partial charge in [-0.15, -0.1) is 0 Å². The maximum Gasteiger partial charge on any atom is 0.229 e. The van der Waals surface area contributed by atoms with Crippen LogP contribution in [-0.2, 0) is 0 Å². The first-order valence-electron chi connectivity index (χ1n) is 7.65. The maximum atomic E-state index is 4.54. The average Bonchev–Trinajstić information content (AvgIpc) is 3.19. The summed E-state index contributed by atoms with van der Waals surface area (Å²) in [6, 6.07) is 0.410. The summed E-state index contributed by atoms with van der Waals surface area (Å²) in [5.41, 5.74) is 0. The standard InChI is InChI=1S/C15H27N5/c1-10(2)13-17-14(19-15(18-13)20(4)5)16-11(3)6-7-12-8-9-12/h10-12H,6-9H2,1-5H3,(H,16,17,18,19). The van der Waals surface area contributed by atoms with E-state index < -0.39 is 0 Å². The summed E-state index contributed by atoms with van der Waals surface area (Å²) in [7, 11) is 3.92. The maximum absolute atomic E-state index is 4.54. The molecular formula is C15H27N5. The predicted molar refractivity (Wildman–Crippen MR) is 83.3 cm³/mol. The van der Waals surface area contributed by atoms with Gasteiger partial charge in [-0.2, -0.15) is 15.0 Å². The predicted octanol–water partition coefficient (Wildman–Crippen LogP) is 3.05. The molecule has 1 unspecified atom stereocenters. The monoisotopic (exact) mass is 277 g/mol. The Morgan fingerprint density at radius 1 is 1.15 bits per heavy atom. The smallest absolute Gasteiger partial charge is 0.229 e. The molecule has 20 heavy (non-hydrogen) atoms. The third-order valence-corrected chi connectivity index (χ3v) is 3.64. The van der Waals surface area contributed by atoms with Crippen LogP contribution in [0.5, 0.6) is 0 Å². The Bertz CT molecular complexity index is 414. The van der Waals surface area contributed by atoms with Crippen molar-refractivity contribution in [1.29, 1.82) is 0 Å². The van der Waals surface area contributed by atoms with E-state index in [-0.39, 0.29) is 0 Å². The number of rotatable bonds is 7. The number of anilines is 2. The van der Waals surface area contributed by atoms with Crippen LogP contribution in [0.3, 0.4) is 0 Å². The molecule has 1 atom stereocenters. The van der Waals surface area contributed by atoms with Gasteiger partial charge in [0.25, 0.3) is 0 Å². The zero-order valence-corrected chi connectivity index (χ0v) is 13.3. The zero-order valence-electron chi connectivity index (χ0n) is 13.3. The normalized spacial score (nSPS) is 16.3. The van der Waals surface area contributed by atoms with Crippen molar-refractivity contribution in [1.82, 2.24) is 15.0 Å². The van der Waals surface area contributed by atoms with E-state index in [2.05, 4.69) is 41.0 Å². The van der Waals surface area contributed by atoms with Gasteiger partial charge in [-0.25, -0.2) is 0 Å². The Morgan fingerprint density at radius 3 is 2.40 bits per heavy atom. The van der Waals surface area contributed by atoms with Crippen molar-refractivity contribution in [2.45, 2.75) is 58.4 Å². The molecule has 1 fully saturated rings. The lowest BCUT2D eigenvalue weighted by atomic mass is 10.1. The molecule has 2 rings (SSSR count). The van der Waals surface area contributed by atoms with E-state index >= 15 is 0 Å². The van der Waals surface area contributed by atoms with Crippen molar-refractivity contribution in [2.24, 2.45) is 5.92 Å². The third kappa shape index (κ3) is 4.32. The number of aromatic nitrogens is 3. The van der Waals surface area contributed by atoms with Crippen LogP contribution in [0.1, 0.15) is 58.2 Å². The van der Waals surface area contributed by atoms with Gasteiger partial charge in [0.05, 0.1) is 0 Å². The molecule has 0 amide bonds. The van der Waals surface area contributed by atoms with Gasteiger partial charge in [-0.1, -0.05) is 26.7 Å². The van der Waals surface area contributed by atoms with Crippen LogP contribution in [0.25, 0.3) is 0 Å². The van der Waals surface area contributed by atoms with Crippen LogP contribution in [-0.4, -0.2) is 35.1 Å². The molecular weight excluding hydrogens is 250 g/mol. The quantitative estimate of drug-likeness (QED) is 0.830. The van der Waals surface area contributed by atoms with Crippen molar-refractivity contribution >= 4 is 11.9 Å². The Morgan fingerprint density at radius 2 is 1.85 bits per heavy atom. The summed E-state index contributed by atoms with van der Waals surface area (Å²) in [6.45, 7) is 6.42. The van der Waals surface area contributed by atoms with Gasteiger partial charge in [0, 0.05) is 26.1 Å². The molecule has 1 N–H and O–H groups in total. The Hall–Kier alpha value is -1.39. The highest BCUT2D eigenvalue weighted by atomic mass is 15.3. The second-order valence-corrected chi connectivity index (χ2v) is 6.43. The van der Waals surface area contributed by atoms with Gasteiger partial charge >= 0.3 is 0 Å². The van der Waals surface area contributed by atoms with Crippen molar-refractivity contribution in [3.63, 3.8) is 0 Å². The minimum atomic E-state index is 0.305. The van der Waals surface area contributed by atoms with Crippen molar-refractivity contribution in [3.8, 4) is 0 Å². The van der Waals surface area contributed by atoms with Crippen molar-refractivity contribution < 1.29 is 0 Å². The lowest BCUT2D eigenvalue weighted by Crippen LogP contribution is -2.21. The molecule has 0 aliphatic heterocycles. The van der Waals surface area contributed by atoms with Gasteiger partial charge in [-0.05, 0) is 25.7 Å². The highest BCUT2D eigenvalue weighted by Crippen LogP contribution is 2.34. The van der Waals surface area contributed by atoms with E-state index in [1.807, 2.05) is 19.0 Å². The second kappa shape index (κ2) is 6.37. The number of nitrogens with one attached hydrogen (secondary N) is 1. The van der Waals surface area contributed by atoms with Gasteiger partial charge in [0.15, 0.2) is 0 Å². The average molecular weight is 277 g/mol. The first-order chi connectivity index (χ1) is 9.45. The number of hydrogen-bond donors (Lipinski definition) is 1. The molecule has 1 aliphatic rings. The molecule has 5 heteroatoms. The molecule has 0 aromatic carbocycles. The van der Waals surface area contributed by atoms with Crippen LogP contribution in [0, 0.1) is 5.92 Å². The van der Waals surface area contributed by atoms with E-state index in [0.29, 0.717) is 17.9 Å². The summed E-state index contributed by atoms with van der Waals surface area (Å²) in [6.07, 6.45) is 5.34. The minimum absolute atomic E-state index is 0.305. The van der Waals surface area contributed by atoms with Gasteiger partial charge in [0.1, 0.15) is 5.82 Å². The van der Waals surface area contributed by atoms with Crippen molar-refractivity contribution in [3.05, 3.63) is 5.82 Å². The lowest BCUT2D eigenvalue weighted by Gasteiger charge is -2.17. The fourth-order valence-corrected chi connectivity index (χ4v) is 2.09. The minimum Gasteiger partial charge on any atom is -0.352 e. The van der Waals surface area contributed by atoms with E-state index in [0.717, 1.165) is 17.7 Å². The van der Waals surface area contributed by atoms with E-state index in [1.165, 1.54) is 25.7 Å². The molecule has 5 nitrogen and oxygen atoms in total. The Balaban J connectivity index is 2.04. The third-order valence-electron chi connectivity index (χ3n) is 3.64. The van der Waals surface area contributed by atoms with Crippen LogP contribution in [0.15, 0.2) is 0 Å². The molecule has 1 saturated carbocycles. The molecule has 1 aromatic rings. The summed E-state index contributed by atoms with van der Waals surface area (Å²) >= 11 is 0. The zero-order chi connectivity index (χ0) is 14.7. The van der Waals surface area contributed by atoms with Gasteiger partial charge in [-0.3, -0.25) is 0 Å². The fourth-order valence-electron chi connectivity index (χ4n) is 2.09. The number of nitrogens with zero attached hydrogens (tertiary/aromatic N) is 4. The Labute approximate surface area is 122 Å². The first-order valence-corrected chi connectivity index (χ1v) is 7.65. The fraction of sp³-hybridized carbons (Fsp3) is 0.800. The summed E-state index contributed by atoms with van der Waals surface area (Å²) < 4.78 is 0. The second-order valence-electron chi connectivity index (χ2n) is 6.43.